The van der Waals surface area contributed by atoms with Crippen molar-refractivity contribution in [3.63, 3.8) is 0 Å². The maximum atomic E-state index is 12.6. The van der Waals surface area contributed by atoms with E-state index in [1.807, 2.05) is 55.5 Å². The number of ether oxygens (including phenoxy) is 1. The molecule has 3 aromatic rings. The Hall–Kier alpha value is -2.77. The molecule has 0 saturated heterocycles. The van der Waals surface area contributed by atoms with Gasteiger partial charge < -0.3 is 10.1 Å². The number of carbonyl (C=O) groups excluding carboxylic acids is 1. The summed E-state index contributed by atoms with van der Waals surface area (Å²) in [5.41, 5.74) is 3.46. The number of halogens is 1. The molecule has 0 spiro atoms. The lowest BCUT2D eigenvalue weighted by Gasteiger charge is -2.28. The lowest BCUT2D eigenvalue weighted by molar-refractivity contribution is -0.114. The number of Topliss-reactive ketones (excluding diaryl/α,β-unsaturated/α-hetero) is 1. The van der Waals surface area contributed by atoms with Gasteiger partial charge in [-0.2, -0.15) is 4.98 Å². The number of ketones is 1. The van der Waals surface area contributed by atoms with Crippen LogP contribution in [-0.4, -0.2) is 27.2 Å². The van der Waals surface area contributed by atoms with Crippen LogP contribution in [0.2, 0.25) is 5.02 Å². The molecule has 2 heterocycles. The number of allylic oxidation sites excluding steroid dienone is 2. The maximum Gasteiger partial charge on any atom is 0.227 e. The Balaban J connectivity index is 1.55. The smallest absolute Gasteiger partial charge is 0.227 e. The molecule has 8 heteroatoms. The number of rotatable bonds is 11. The topological polar surface area (TPSA) is 69.0 Å². The van der Waals surface area contributed by atoms with Gasteiger partial charge in [0.2, 0.25) is 11.1 Å². The first-order chi connectivity index (χ1) is 17.0. The molecule has 1 atom stereocenters. The average Bonchev–Trinajstić information content (AvgIpc) is 3.25. The number of benzene rings is 2. The molecule has 0 saturated carbocycles. The monoisotopic (exact) mass is 510 g/mol. The molecule has 1 unspecified atom stereocenters. The van der Waals surface area contributed by atoms with Crippen LogP contribution in [0.25, 0.3) is 0 Å². The maximum absolute atomic E-state index is 12.6. The molecule has 0 amide bonds. The van der Waals surface area contributed by atoms with Gasteiger partial charge in [0.25, 0.3) is 0 Å². The molecule has 6 nitrogen and oxygen atoms in total. The summed E-state index contributed by atoms with van der Waals surface area (Å²) >= 11 is 7.82. The van der Waals surface area contributed by atoms with Crippen LogP contribution in [0.1, 0.15) is 63.6 Å². The van der Waals surface area contributed by atoms with Gasteiger partial charge in [0, 0.05) is 22.0 Å². The van der Waals surface area contributed by atoms with E-state index in [-0.39, 0.29) is 11.8 Å². The number of anilines is 1. The highest BCUT2D eigenvalue weighted by atomic mass is 35.5. The number of aromatic nitrogens is 3. The van der Waals surface area contributed by atoms with Crippen LogP contribution in [-0.2, 0) is 10.5 Å². The number of unbranched alkanes of at least 4 members (excludes halogenated alkanes) is 3. The molecule has 184 valence electrons. The Morgan fingerprint density at radius 3 is 2.63 bits per heavy atom. The third-order valence-electron chi connectivity index (χ3n) is 5.99. The van der Waals surface area contributed by atoms with Gasteiger partial charge in [-0.25, -0.2) is 4.68 Å². The highest BCUT2D eigenvalue weighted by molar-refractivity contribution is 7.98. The van der Waals surface area contributed by atoms with Crippen LogP contribution in [0.4, 0.5) is 5.95 Å². The van der Waals surface area contributed by atoms with Gasteiger partial charge >= 0.3 is 0 Å². The van der Waals surface area contributed by atoms with Crippen molar-refractivity contribution in [1.82, 2.24) is 14.8 Å². The minimum absolute atomic E-state index is 0.00247. The molecule has 2 aromatic carbocycles. The fourth-order valence-corrected chi connectivity index (χ4v) is 5.29. The van der Waals surface area contributed by atoms with Crippen LogP contribution in [0.15, 0.2) is 65.0 Å². The average molecular weight is 511 g/mol. The van der Waals surface area contributed by atoms with Gasteiger partial charge in [0.15, 0.2) is 5.78 Å². The largest absolute Gasteiger partial charge is 0.494 e. The zero-order chi connectivity index (χ0) is 24.8. The molecule has 0 fully saturated rings. The first kappa shape index (κ1) is 25.3. The SMILES string of the molecule is CCCCCCOc1ccc(C2C(C(C)=O)=C(C)Nc3nc(SCc4ccccc4Cl)nn32)cc1. The predicted octanol–water partition coefficient (Wildman–Crippen LogP) is 7.06. The Morgan fingerprint density at radius 1 is 1.14 bits per heavy atom. The third kappa shape index (κ3) is 6.08. The van der Waals surface area contributed by atoms with Gasteiger partial charge in [0.1, 0.15) is 11.8 Å². The highest BCUT2D eigenvalue weighted by Crippen LogP contribution is 2.37. The quantitative estimate of drug-likeness (QED) is 0.220. The molecule has 1 N–H and O–H groups in total. The van der Waals surface area contributed by atoms with Gasteiger partial charge in [-0.1, -0.05) is 79.9 Å². The van der Waals surface area contributed by atoms with Gasteiger partial charge in [-0.3, -0.25) is 4.79 Å². The molecule has 4 rings (SSSR count). The standard InChI is InChI=1S/C27H31ClN4O2S/c1-4-5-6-9-16-34-22-14-12-20(13-15-22)25-24(19(3)33)18(2)29-26-30-27(31-32(25)26)35-17-21-10-7-8-11-23(21)28/h7-8,10-15,25H,4-6,9,16-17H2,1-3H3,(H,29,30,31). The molecule has 0 aliphatic carbocycles. The van der Waals surface area contributed by atoms with E-state index in [4.69, 9.17) is 21.4 Å². The van der Waals surface area contributed by atoms with Crippen LogP contribution >= 0.6 is 23.4 Å². The van der Waals surface area contributed by atoms with Crippen molar-refractivity contribution in [1.29, 1.82) is 0 Å². The molecule has 1 aromatic heterocycles. The van der Waals surface area contributed by atoms with Crippen LogP contribution in [0.3, 0.4) is 0 Å². The van der Waals surface area contributed by atoms with E-state index in [1.165, 1.54) is 31.0 Å². The first-order valence-electron chi connectivity index (χ1n) is 12.0. The van der Waals surface area contributed by atoms with Crippen LogP contribution in [0.5, 0.6) is 5.75 Å². The van der Waals surface area contributed by atoms with Gasteiger partial charge in [0.05, 0.1) is 6.61 Å². The van der Waals surface area contributed by atoms with E-state index < -0.39 is 0 Å². The van der Waals surface area contributed by atoms with E-state index in [0.717, 1.165) is 34.0 Å². The summed E-state index contributed by atoms with van der Waals surface area (Å²) in [4.78, 5) is 17.3. The minimum Gasteiger partial charge on any atom is -0.494 e. The summed E-state index contributed by atoms with van der Waals surface area (Å²) in [6, 6.07) is 15.4. The van der Waals surface area contributed by atoms with Crippen molar-refractivity contribution in [3.05, 3.63) is 76.0 Å². The summed E-state index contributed by atoms with van der Waals surface area (Å²) < 4.78 is 7.71. The second-order valence-electron chi connectivity index (χ2n) is 8.64. The van der Waals surface area contributed by atoms with Crippen molar-refractivity contribution >= 4 is 35.1 Å². The van der Waals surface area contributed by atoms with Gasteiger partial charge in [-0.15, -0.1) is 5.10 Å². The summed E-state index contributed by atoms with van der Waals surface area (Å²) in [5.74, 6) is 2.11. The molecule has 0 radical (unpaired) electrons. The van der Waals surface area contributed by atoms with Crippen molar-refractivity contribution < 1.29 is 9.53 Å². The lowest BCUT2D eigenvalue weighted by Crippen LogP contribution is -2.27. The zero-order valence-corrected chi connectivity index (χ0v) is 22.0. The minimum atomic E-state index is -0.357. The molecule has 1 aliphatic rings. The summed E-state index contributed by atoms with van der Waals surface area (Å²) in [6.45, 7) is 6.42. The van der Waals surface area contributed by atoms with E-state index in [1.54, 1.807) is 11.6 Å². The highest BCUT2D eigenvalue weighted by Gasteiger charge is 2.32. The number of carbonyl (C=O) groups is 1. The Morgan fingerprint density at radius 2 is 1.91 bits per heavy atom. The van der Waals surface area contributed by atoms with E-state index in [9.17, 15) is 4.79 Å². The molecule has 35 heavy (non-hydrogen) atoms. The second-order valence-corrected chi connectivity index (χ2v) is 9.99. The Labute approximate surface area is 216 Å². The fraction of sp³-hybridized carbons (Fsp3) is 0.370. The van der Waals surface area contributed by atoms with Crippen molar-refractivity contribution in [2.75, 3.05) is 11.9 Å². The lowest BCUT2D eigenvalue weighted by atomic mass is 9.93. The first-order valence-corrected chi connectivity index (χ1v) is 13.4. The van der Waals surface area contributed by atoms with E-state index in [0.29, 0.717) is 29.0 Å². The van der Waals surface area contributed by atoms with Crippen LogP contribution < -0.4 is 10.1 Å². The normalized spacial score (nSPS) is 15.0. The number of thioether (sulfide) groups is 1. The van der Waals surface area contributed by atoms with Crippen molar-refractivity contribution in [2.45, 2.75) is 63.4 Å². The molecular formula is C27H31ClN4O2S. The number of fused-ring (bicyclic) bond motifs is 1. The second kappa shape index (κ2) is 11.8. The van der Waals surface area contributed by atoms with Crippen LogP contribution in [0, 0.1) is 0 Å². The zero-order valence-electron chi connectivity index (χ0n) is 20.4. The number of nitrogens with zero attached hydrogens (tertiary/aromatic N) is 3. The molecule has 1 aliphatic heterocycles. The van der Waals surface area contributed by atoms with Crippen molar-refractivity contribution in [2.24, 2.45) is 0 Å². The number of hydrogen-bond acceptors (Lipinski definition) is 6. The summed E-state index contributed by atoms with van der Waals surface area (Å²) in [5, 5.41) is 9.38. The van der Waals surface area contributed by atoms with Gasteiger partial charge in [-0.05, 0) is 49.6 Å². The summed E-state index contributed by atoms with van der Waals surface area (Å²) in [6.07, 6.45) is 4.68. The fourth-order valence-electron chi connectivity index (χ4n) is 4.18. The number of hydrogen-bond donors (Lipinski definition) is 1. The van der Waals surface area contributed by atoms with E-state index >= 15 is 0 Å². The molecular weight excluding hydrogens is 480 g/mol. The van der Waals surface area contributed by atoms with Crippen molar-refractivity contribution in [3.8, 4) is 5.75 Å². The Kier molecular flexibility index (Phi) is 8.52. The summed E-state index contributed by atoms with van der Waals surface area (Å²) in [7, 11) is 0. The predicted molar refractivity (Wildman–Crippen MR) is 142 cm³/mol. The Bertz CT molecular complexity index is 1210. The van der Waals surface area contributed by atoms with E-state index in [2.05, 4.69) is 17.2 Å². The third-order valence-corrected chi connectivity index (χ3v) is 7.24. The molecule has 0 bridgehead atoms. The number of nitrogens with one attached hydrogen (secondary N) is 1.